The van der Waals surface area contributed by atoms with Gasteiger partial charge in [0.15, 0.2) is 0 Å². The van der Waals surface area contributed by atoms with Crippen molar-refractivity contribution in [1.82, 2.24) is 5.43 Å². The molecule has 2 heterocycles. The molecule has 2 nitrogen and oxygen atoms in total. The van der Waals surface area contributed by atoms with Crippen LogP contribution < -0.4 is 11.3 Å². The SMILES string of the molecule is Cc1cc(C(Cc2ccsc2)NN)sc1C. The molecule has 0 spiro atoms. The molecule has 2 rings (SSSR count). The molecule has 1 atom stereocenters. The second-order valence-corrected chi connectivity index (χ2v) is 6.01. The Labute approximate surface area is 104 Å². The van der Waals surface area contributed by atoms with E-state index in [-0.39, 0.29) is 6.04 Å². The summed E-state index contributed by atoms with van der Waals surface area (Å²) in [5.41, 5.74) is 5.61. The molecule has 2 aromatic heterocycles. The molecule has 16 heavy (non-hydrogen) atoms. The van der Waals surface area contributed by atoms with Gasteiger partial charge in [-0.15, -0.1) is 11.3 Å². The van der Waals surface area contributed by atoms with Gasteiger partial charge in [-0.25, -0.2) is 0 Å². The fourth-order valence-corrected chi connectivity index (χ4v) is 3.44. The van der Waals surface area contributed by atoms with E-state index in [0.717, 1.165) is 6.42 Å². The Bertz CT molecular complexity index is 426. The Balaban J connectivity index is 2.16. The Kier molecular flexibility index (Phi) is 3.76. The van der Waals surface area contributed by atoms with Gasteiger partial charge < -0.3 is 0 Å². The van der Waals surface area contributed by atoms with Crippen LogP contribution in [0.2, 0.25) is 0 Å². The highest BCUT2D eigenvalue weighted by Crippen LogP contribution is 2.28. The van der Waals surface area contributed by atoms with Gasteiger partial charge in [0.1, 0.15) is 0 Å². The van der Waals surface area contributed by atoms with Crippen LogP contribution in [0.1, 0.15) is 26.9 Å². The summed E-state index contributed by atoms with van der Waals surface area (Å²) in [6.07, 6.45) is 0.958. The summed E-state index contributed by atoms with van der Waals surface area (Å²) < 4.78 is 0. The van der Waals surface area contributed by atoms with E-state index in [1.807, 2.05) is 11.3 Å². The first-order valence-electron chi connectivity index (χ1n) is 5.25. The highest BCUT2D eigenvalue weighted by atomic mass is 32.1. The molecule has 0 aromatic carbocycles. The van der Waals surface area contributed by atoms with Crippen LogP contribution in [0, 0.1) is 13.8 Å². The van der Waals surface area contributed by atoms with Crippen molar-refractivity contribution in [1.29, 1.82) is 0 Å². The number of nitrogens with two attached hydrogens (primary N) is 1. The fourth-order valence-electron chi connectivity index (χ4n) is 1.66. The van der Waals surface area contributed by atoms with Crippen molar-refractivity contribution in [3.63, 3.8) is 0 Å². The van der Waals surface area contributed by atoms with Crippen LogP contribution in [0.15, 0.2) is 22.9 Å². The predicted octanol–water partition coefficient (Wildman–Crippen LogP) is 3.17. The van der Waals surface area contributed by atoms with Crippen LogP contribution in [0.3, 0.4) is 0 Å². The van der Waals surface area contributed by atoms with Crippen LogP contribution in [0.25, 0.3) is 0 Å². The minimum Gasteiger partial charge on any atom is -0.271 e. The van der Waals surface area contributed by atoms with Crippen molar-refractivity contribution in [3.8, 4) is 0 Å². The van der Waals surface area contributed by atoms with Crippen molar-refractivity contribution in [2.24, 2.45) is 5.84 Å². The topological polar surface area (TPSA) is 38.0 Å². The third-order valence-corrected chi connectivity index (χ3v) is 4.75. The number of hydrazine groups is 1. The standard InChI is InChI=1S/C12H16N2S2/c1-8-5-12(16-9(8)2)11(14-13)6-10-3-4-15-7-10/h3-5,7,11,14H,6,13H2,1-2H3. The van der Waals surface area contributed by atoms with E-state index in [2.05, 4.69) is 42.2 Å². The van der Waals surface area contributed by atoms with Gasteiger partial charge in [0.2, 0.25) is 0 Å². The van der Waals surface area contributed by atoms with Crippen molar-refractivity contribution in [2.75, 3.05) is 0 Å². The van der Waals surface area contributed by atoms with E-state index in [4.69, 9.17) is 5.84 Å². The summed E-state index contributed by atoms with van der Waals surface area (Å²) in [6.45, 7) is 4.30. The third kappa shape index (κ3) is 2.52. The van der Waals surface area contributed by atoms with Gasteiger partial charge in [-0.05, 0) is 54.3 Å². The summed E-state index contributed by atoms with van der Waals surface area (Å²) in [5.74, 6) is 5.64. The number of thiophene rings is 2. The van der Waals surface area contributed by atoms with Gasteiger partial charge in [0.25, 0.3) is 0 Å². The maximum atomic E-state index is 5.64. The van der Waals surface area contributed by atoms with E-state index in [0.29, 0.717) is 0 Å². The zero-order chi connectivity index (χ0) is 11.5. The zero-order valence-corrected chi connectivity index (χ0v) is 11.1. The third-order valence-electron chi connectivity index (χ3n) is 2.75. The number of aryl methyl sites for hydroxylation is 2. The first kappa shape index (κ1) is 11.8. The van der Waals surface area contributed by atoms with Gasteiger partial charge in [0, 0.05) is 9.75 Å². The van der Waals surface area contributed by atoms with Crippen LogP contribution in [-0.4, -0.2) is 0 Å². The monoisotopic (exact) mass is 252 g/mol. The molecule has 4 heteroatoms. The van der Waals surface area contributed by atoms with Crippen LogP contribution >= 0.6 is 22.7 Å². The van der Waals surface area contributed by atoms with Crippen molar-refractivity contribution >= 4 is 22.7 Å². The van der Waals surface area contributed by atoms with E-state index in [1.165, 1.54) is 20.9 Å². The molecule has 0 fully saturated rings. The maximum absolute atomic E-state index is 5.64. The van der Waals surface area contributed by atoms with Crippen molar-refractivity contribution < 1.29 is 0 Å². The average molecular weight is 252 g/mol. The lowest BCUT2D eigenvalue weighted by Gasteiger charge is -2.12. The van der Waals surface area contributed by atoms with E-state index >= 15 is 0 Å². The molecule has 1 unspecified atom stereocenters. The van der Waals surface area contributed by atoms with Crippen molar-refractivity contribution in [3.05, 3.63) is 43.8 Å². The molecule has 0 saturated heterocycles. The molecule has 0 bridgehead atoms. The lowest BCUT2D eigenvalue weighted by Crippen LogP contribution is -2.28. The largest absolute Gasteiger partial charge is 0.271 e. The second-order valence-electron chi connectivity index (χ2n) is 3.94. The molecule has 0 aliphatic carbocycles. The summed E-state index contributed by atoms with van der Waals surface area (Å²) in [7, 11) is 0. The average Bonchev–Trinajstić information content (AvgIpc) is 2.86. The summed E-state index contributed by atoms with van der Waals surface area (Å²) in [4.78, 5) is 2.70. The van der Waals surface area contributed by atoms with Gasteiger partial charge in [-0.3, -0.25) is 11.3 Å². The number of rotatable bonds is 4. The Morgan fingerprint density at radius 3 is 2.75 bits per heavy atom. The molecule has 0 aliphatic heterocycles. The lowest BCUT2D eigenvalue weighted by molar-refractivity contribution is 0.561. The molecular weight excluding hydrogens is 236 g/mol. The molecule has 0 saturated carbocycles. The maximum Gasteiger partial charge on any atom is 0.0594 e. The van der Waals surface area contributed by atoms with Crippen molar-refractivity contribution in [2.45, 2.75) is 26.3 Å². The molecule has 2 aromatic rings. The normalized spacial score (nSPS) is 12.9. The quantitative estimate of drug-likeness (QED) is 0.648. The number of hydrogen-bond donors (Lipinski definition) is 2. The Morgan fingerprint density at radius 1 is 1.44 bits per heavy atom. The minimum atomic E-state index is 0.229. The molecule has 0 aliphatic rings. The van der Waals surface area contributed by atoms with Crippen LogP contribution in [0.5, 0.6) is 0 Å². The first-order chi connectivity index (χ1) is 7.70. The predicted molar refractivity (Wildman–Crippen MR) is 71.9 cm³/mol. The summed E-state index contributed by atoms with van der Waals surface area (Å²) in [5, 5.41) is 4.28. The lowest BCUT2D eigenvalue weighted by atomic mass is 10.1. The molecule has 3 N–H and O–H groups in total. The highest BCUT2D eigenvalue weighted by molar-refractivity contribution is 7.12. The van der Waals surface area contributed by atoms with Crippen LogP contribution in [0.4, 0.5) is 0 Å². The minimum absolute atomic E-state index is 0.229. The number of hydrogen-bond acceptors (Lipinski definition) is 4. The Morgan fingerprint density at radius 2 is 2.25 bits per heavy atom. The highest BCUT2D eigenvalue weighted by Gasteiger charge is 2.14. The summed E-state index contributed by atoms with van der Waals surface area (Å²) in [6, 6.07) is 4.62. The second kappa shape index (κ2) is 5.10. The van der Waals surface area contributed by atoms with E-state index < -0.39 is 0 Å². The van der Waals surface area contributed by atoms with Crippen LogP contribution in [-0.2, 0) is 6.42 Å². The molecule has 86 valence electrons. The molecule has 0 radical (unpaired) electrons. The Hall–Kier alpha value is -0.680. The van der Waals surface area contributed by atoms with Gasteiger partial charge in [-0.2, -0.15) is 11.3 Å². The van der Waals surface area contributed by atoms with E-state index in [1.54, 1.807) is 11.3 Å². The fraction of sp³-hybridized carbons (Fsp3) is 0.333. The first-order valence-corrected chi connectivity index (χ1v) is 7.00. The van der Waals surface area contributed by atoms with E-state index in [9.17, 15) is 0 Å². The summed E-state index contributed by atoms with van der Waals surface area (Å²) >= 11 is 3.56. The molecule has 0 amide bonds. The number of nitrogens with one attached hydrogen (secondary N) is 1. The smallest absolute Gasteiger partial charge is 0.0594 e. The van der Waals surface area contributed by atoms with Gasteiger partial charge in [0.05, 0.1) is 6.04 Å². The van der Waals surface area contributed by atoms with Gasteiger partial charge >= 0.3 is 0 Å². The molecular formula is C12H16N2S2. The zero-order valence-electron chi connectivity index (χ0n) is 9.49. The van der Waals surface area contributed by atoms with Gasteiger partial charge in [-0.1, -0.05) is 0 Å².